The number of fused-ring (bicyclic) bond motifs is 5. The first-order chi connectivity index (χ1) is 16.8. The maximum absolute atomic E-state index is 14.5. The van der Waals surface area contributed by atoms with Crippen LogP contribution in [-0.2, 0) is 11.3 Å². The number of hydrogen-bond donors (Lipinski definition) is 0. The molecule has 3 heterocycles. The lowest BCUT2D eigenvalue weighted by Gasteiger charge is -2.44. The highest BCUT2D eigenvalue weighted by molar-refractivity contribution is 6.09. The van der Waals surface area contributed by atoms with Gasteiger partial charge in [0.2, 0.25) is 0 Å². The fourth-order valence-electron chi connectivity index (χ4n) is 8.02. The van der Waals surface area contributed by atoms with Gasteiger partial charge in [-0.05, 0) is 55.1 Å². The number of para-hydroxylation sites is 1. The highest BCUT2D eigenvalue weighted by Crippen LogP contribution is 2.68. The Kier molecular flexibility index (Phi) is 5.35. The number of aryl methyl sites for hydroxylation is 1. The molecule has 2 saturated carbocycles. The maximum atomic E-state index is 14.5. The van der Waals surface area contributed by atoms with Crippen molar-refractivity contribution in [3.8, 4) is 5.75 Å². The van der Waals surface area contributed by atoms with Crippen LogP contribution in [0.1, 0.15) is 51.8 Å². The van der Waals surface area contributed by atoms with E-state index in [0.717, 1.165) is 72.6 Å². The van der Waals surface area contributed by atoms with Crippen molar-refractivity contribution in [3.63, 3.8) is 0 Å². The first-order valence-corrected chi connectivity index (χ1v) is 13.3. The number of methoxy groups -OCH3 is 1. The smallest absolute Gasteiger partial charge is 0.261 e. The van der Waals surface area contributed by atoms with Gasteiger partial charge in [0.1, 0.15) is 5.75 Å². The van der Waals surface area contributed by atoms with E-state index in [0.29, 0.717) is 5.92 Å². The molecule has 3 atom stereocenters. The molecular formula is C29H39N3O3. The fourth-order valence-corrected chi connectivity index (χ4v) is 8.02. The van der Waals surface area contributed by atoms with Gasteiger partial charge in [0.25, 0.3) is 5.56 Å². The number of morpholine rings is 1. The minimum absolute atomic E-state index is 0.113. The lowest BCUT2D eigenvalue weighted by Crippen LogP contribution is -2.42. The summed E-state index contributed by atoms with van der Waals surface area (Å²) in [4.78, 5) is 16.9. The van der Waals surface area contributed by atoms with Crippen molar-refractivity contribution in [2.45, 2.75) is 59.5 Å². The molecule has 188 valence electrons. The molecule has 2 bridgehead atoms. The minimum Gasteiger partial charge on any atom is -0.495 e. The van der Waals surface area contributed by atoms with E-state index in [1.165, 1.54) is 19.3 Å². The van der Waals surface area contributed by atoms with Gasteiger partial charge >= 0.3 is 0 Å². The van der Waals surface area contributed by atoms with Crippen LogP contribution >= 0.6 is 0 Å². The second-order valence-electron chi connectivity index (χ2n) is 12.0. The Morgan fingerprint density at radius 1 is 1.14 bits per heavy atom. The molecule has 0 radical (unpaired) electrons. The van der Waals surface area contributed by atoms with Crippen molar-refractivity contribution in [3.05, 3.63) is 40.3 Å². The van der Waals surface area contributed by atoms with Gasteiger partial charge in [0, 0.05) is 43.3 Å². The molecule has 0 spiro atoms. The monoisotopic (exact) mass is 477 g/mol. The molecule has 6 rings (SSSR count). The third-order valence-electron chi connectivity index (χ3n) is 9.66. The summed E-state index contributed by atoms with van der Waals surface area (Å²) < 4.78 is 15.9. The Morgan fingerprint density at radius 3 is 2.60 bits per heavy atom. The topological polar surface area (TPSA) is 48.6 Å². The Hall–Kier alpha value is -2.31. The maximum Gasteiger partial charge on any atom is 0.261 e. The zero-order valence-electron chi connectivity index (χ0n) is 21.9. The van der Waals surface area contributed by atoms with Crippen LogP contribution in [0.15, 0.2) is 29.1 Å². The third kappa shape index (κ3) is 3.32. The minimum atomic E-state index is 0.113. The predicted octanol–water partition coefficient (Wildman–Crippen LogP) is 4.99. The Morgan fingerprint density at radius 2 is 1.91 bits per heavy atom. The van der Waals surface area contributed by atoms with Crippen LogP contribution in [0.2, 0.25) is 0 Å². The van der Waals surface area contributed by atoms with Crippen molar-refractivity contribution in [1.29, 1.82) is 0 Å². The number of rotatable bonds is 5. The molecule has 35 heavy (non-hydrogen) atoms. The Labute approximate surface area is 207 Å². The quantitative estimate of drug-likeness (QED) is 0.519. The van der Waals surface area contributed by atoms with Crippen molar-refractivity contribution in [1.82, 2.24) is 14.0 Å². The molecule has 3 fully saturated rings. The van der Waals surface area contributed by atoms with Crippen LogP contribution in [0, 0.1) is 23.7 Å². The van der Waals surface area contributed by atoms with E-state index in [-0.39, 0.29) is 22.4 Å². The Bertz CT molecular complexity index is 1340. The first-order valence-electron chi connectivity index (χ1n) is 13.3. The molecule has 0 amide bonds. The molecule has 3 aliphatic rings. The predicted molar refractivity (Wildman–Crippen MR) is 141 cm³/mol. The molecule has 1 aliphatic heterocycles. The molecule has 2 aliphatic carbocycles. The number of aromatic nitrogens is 2. The first kappa shape index (κ1) is 23.1. The summed E-state index contributed by atoms with van der Waals surface area (Å²) in [6.45, 7) is 14.6. The van der Waals surface area contributed by atoms with E-state index < -0.39 is 0 Å². The molecular weight excluding hydrogens is 438 g/mol. The second kappa shape index (κ2) is 8.10. The lowest BCUT2D eigenvalue weighted by atomic mass is 9.68. The van der Waals surface area contributed by atoms with Crippen molar-refractivity contribution in [2.24, 2.45) is 16.7 Å². The van der Waals surface area contributed by atoms with E-state index in [9.17, 15) is 4.79 Å². The molecule has 1 saturated heterocycles. The van der Waals surface area contributed by atoms with Crippen molar-refractivity contribution < 1.29 is 9.47 Å². The van der Waals surface area contributed by atoms with Crippen LogP contribution in [0.5, 0.6) is 5.75 Å². The van der Waals surface area contributed by atoms with Gasteiger partial charge in [-0.25, -0.2) is 0 Å². The summed E-state index contributed by atoms with van der Waals surface area (Å²) in [5, 5.41) is 1.85. The fraction of sp³-hybridized carbons (Fsp3) is 0.621. The summed E-state index contributed by atoms with van der Waals surface area (Å²) >= 11 is 0. The van der Waals surface area contributed by atoms with Gasteiger partial charge < -0.3 is 18.6 Å². The second-order valence-corrected chi connectivity index (χ2v) is 12.0. The normalized spacial score (nSPS) is 28.4. The van der Waals surface area contributed by atoms with Crippen molar-refractivity contribution in [2.75, 3.05) is 40.0 Å². The molecule has 0 N–H and O–H groups in total. The highest BCUT2D eigenvalue weighted by Gasteiger charge is 2.60. The van der Waals surface area contributed by atoms with E-state index in [1.54, 1.807) is 7.11 Å². The van der Waals surface area contributed by atoms with Gasteiger partial charge in [-0.15, -0.1) is 0 Å². The molecule has 6 nitrogen and oxygen atoms in total. The average molecular weight is 478 g/mol. The van der Waals surface area contributed by atoms with Gasteiger partial charge in [-0.3, -0.25) is 9.69 Å². The van der Waals surface area contributed by atoms with E-state index in [2.05, 4.69) is 53.9 Å². The zero-order valence-corrected chi connectivity index (χ0v) is 21.9. The SMILES string of the molecule is COc1cccc2c3c(=O)n([C@@H]4C(C)(C)[C@@H]5CC[C@@]4(C)C5)c(C)cc3n(CCN3CCOCC3)c12. The average Bonchev–Trinajstić information content (AvgIpc) is 3.44. The number of hydrogen-bond acceptors (Lipinski definition) is 4. The molecule has 2 aromatic heterocycles. The molecule has 6 heteroatoms. The lowest BCUT2D eigenvalue weighted by molar-refractivity contribution is 0.0366. The zero-order chi connectivity index (χ0) is 24.5. The standard InChI is InChI=1S/C29H39N3O3/c1-19-17-22-24(26(33)32(19)27-28(2,3)20-9-10-29(27,4)18-20)21-7-6-8-23(34-5)25(21)31(22)12-11-30-13-15-35-16-14-30/h6-8,17,20,27H,9-16,18H2,1-5H3/t20-,27-,29+/m1/s1. The number of ether oxygens (including phenoxy) is 2. The van der Waals surface area contributed by atoms with Crippen LogP contribution in [-0.4, -0.2) is 54.0 Å². The van der Waals surface area contributed by atoms with Crippen LogP contribution in [0.25, 0.3) is 21.8 Å². The number of pyridine rings is 1. The summed E-state index contributed by atoms with van der Waals surface area (Å²) in [6.07, 6.45) is 3.72. The van der Waals surface area contributed by atoms with Gasteiger partial charge in [-0.1, -0.05) is 32.9 Å². The molecule has 0 unspecified atom stereocenters. The molecule has 1 aromatic carbocycles. The van der Waals surface area contributed by atoms with E-state index >= 15 is 0 Å². The highest BCUT2D eigenvalue weighted by atomic mass is 16.5. The van der Waals surface area contributed by atoms with Crippen molar-refractivity contribution >= 4 is 21.8 Å². The Balaban J connectivity index is 1.56. The van der Waals surface area contributed by atoms with Crippen LogP contribution < -0.4 is 10.3 Å². The summed E-state index contributed by atoms with van der Waals surface area (Å²) in [6, 6.07) is 8.61. The summed E-state index contributed by atoms with van der Waals surface area (Å²) in [5.74, 6) is 1.52. The van der Waals surface area contributed by atoms with Crippen LogP contribution in [0.3, 0.4) is 0 Å². The van der Waals surface area contributed by atoms with E-state index in [4.69, 9.17) is 9.47 Å². The summed E-state index contributed by atoms with van der Waals surface area (Å²) in [7, 11) is 1.72. The number of nitrogens with zero attached hydrogens (tertiary/aromatic N) is 3. The third-order valence-corrected chi connectivity index (χ3v) is 9.66. The largest absolute Gasteiger partial charge is 0.495 e. The van der Waals surface area contributed by atoms with E-state index in [1.807, 2.05) is 12.1 Å². The van der Waals surface area contributed by atoms with Gasteiger partial charge in [0.15, 0.2) is 0 Å². The number of benzene rings is 1. The summed E-state index contributed by atoms with van der Waals surface area (Å²) in [5.41, 5.74) is 3.59. The molecule has 3 aromatic rings. The van der Waals surface area contributed by atoms with Gasteiger partial charge in [-0.2, -0.15) is 0 Å². The van der Waals surface area contributed by atoms with Crippen LogP contribution in [0.4, 0.5) is 0 Å². The van der Waals surface area contributed by atoms with Gasteiger partial charge in [0.05, 0.1) is 36.7 Å².